The number of rotatable bonds is 9. The maximum atomic E-state index is 12.5. The van der Waals surface area contributed by atoms with Crippen molar-refractivity contribution in [3.8, 4) is 5.75 Å². The first kappa shape index (κ1) is 24.5. The number of nitrogens with one attached hydrogen (secondary N) is 1. The number of hydrogen-bond donors (Lipinski definition) is 1. The Hall–Kier alpha value is -3.60. The molecule has 0 saturated heterocycles. The third-order valence-corrected chi connectivity index (χ3v) is 6.29. The minimum atomic E-state index is -0.0255. The summed E-state index contributed by atoms with van der Waals surface area (Å²) in [6.07, 6.45) is 1.60. The van der Waals surface area contributed by atoms with Crippen LogP contribution in [-0.4, -0.2) is 28.6 Å². The van der Waals surface area contributed by atoms with Crippen molar-refractivity contribution in [2.75, 3.05) is 13.2 Å². The number of imidazole rings is 1. The molecule has 0 fully saturated rings. The van der Waals surface area contributed by atoms with Crippen molar-refractivity contribution in [1.82, 2.24) is 14.9 Å². The maximum Gasteiger partial charge on any atom is 0.251 e. The Morgan fingerprint density at radius 3 is 2.43 bits per heavy atom. The molecule has 0 bridgehead atoms. The Bertz CT molecular complexity index is 1280. The second-order valence-electron chi connectivity index (χ2n) is 9.97. The molecule has 1 N–H and O–H groups in total. The lowest BCUT2D eigenvalue weighted by molar-refractivity contribution is 0.0952. The zero-order chi connectivity index (χ0) is 24.8. The molecule has 0 atom stereocenters. The first-order chi connectivity index (χ1) is 16.8. The molecule has 3 aromatic carbocycles. The van der Waals surface area contributed by atoms with E-state index in [9.17, 15) is 4.79 Å². The monoisotopic (exact) mass is 469 g/mol. The third kappa shape index (κ3) is 6.10. The molecule has 4 rings (SSSR count). The van der Waals surface area contributed by atoms with E-state index < -0.39 is 0 Å². The molecule has 5 heteroatoms. The highest BCUT2D eigenvalue weighted by Crippen LogP contribution is 2.24. The van der Waals surface area contributed by atoms with E-state index in [-0.39, 0.29) is 11.3 Å². The molecule has 5 nitrogen and oxygen atoms in total. The van der Waals surface area contributed by atoms with Gasteiger partial charge in [-0.3, -0.25) is 4.79 Å². The predicted octanol–water partition coefficient (Wildman–Crippen LogP) is 6.08. The van der Waals surface area contributed by atoms with E-state index in [1.165, 1.54) is 5.56 Å². The Labute approximate surface area is 208 Å². The summed E-state index contributed by atoms with van der Waals surface area (Å²) in [5.74, 6) is 1.87. The van der Waals surface area contributed by atoms with Crippen LogP contribution < -0.4 is 10.1 Å². The van der Waals surface area contributed by atoms with Gasteiger partial charge >= 0.3 is 0 Å². The average molecular weight is 470 g/mol. The SMILES string of the molecule is Cc1ccccc1C(=O)NCCCc1nc2ccccc2n1CCOc1ccc(C(C)(C)C)cc1. The molecule has 0 saturated carbocycles. The number of hydrogen-bond acceptors (Lipinski definition) is 3. The lowest BCUT2D eigenvalue weighted by atomic mass is 9.87. The number of carbonyl (C=O) groups is 1. The van der Waals surface area contributed by atoms with Crippen LogP contribution in [-0.2, 0) is 18.4 Å². The van der Waals surface area contributed by atoms with Crippen molar-refractivity contribution in [1.29, 1.82) is 0 Å². The van der Waals surface area contributed by atoms with Gasteiger partial charge in [-0.05, 0) is 60.2 Å². The van der Waals surface area contributed by atoms with E-state index >= 15 is 0 Å². The molecule has 1 heterocycles. The number of aromatic nitrogens is 2. The average Bonchev–Trinajstić information content (AvgIpc) is 3.19. The van der Waals surface area contributed by atoms with E-state index in [1.54, 1.807) is 0 Å². The third-order valence-electron chi connectivity index (χ3n) is 6.29. The fourth-order valence-electron chi connectivity index (χ4n) is 4.24. The van der Waals surface area contributed by atoms with Gasteiger partial charge in [0.2, 0.25) is 0 Å². The van der Waals surface area contributed by atoms with Gasteiger partial charge < -0.3 is 14.6 Å². The smallest absolute Gasteiger partial charge is 0.251 e. The number of para-hydroxylation sites is 2. The summed E-state index contributed by atoms with van der Waals surface area (Å²) in [6.45, 7) is 10.5. The number of fused-ring (bicyclic) bond motifs is 1. The van der Waals surface area contributed by atoms with Crippen molar-refractivity contribution >= 4 is 16.9 Å². The fourth-order valence-corrected chi connectivity index (χ4v) is 4.24. The van der Waals surface area contributed by atoms with Crippen LogP contribution in [0.4, 0.5) is 0 Å². The highest BCUT2D eigenvalue weighted by Gasteiger charge is 2.14. The van der Waals surface area contributed by atoms with E-state index in [0.717, 1.165) is 46.6 Å². The minimum Gasteiger partial charge on any atom is -0.492 e. The molecule has 0 aliphatic heterocycles. The van der Waals surface area contributed by atoms with Crippen LogP contribution in [0.15, 0.2) is 72.8 Å². The molecule has 35 heavy (non-hydrogen) atoms. The van der Waals surface area contributed by atoms with Crippen LogP contribution >= 0.6 is 0 Å². The summed E-state index contributed by atoms with van der Waals surface area (Å²) in [4.78, 5) is 17.3. The van der Waals surface area contributed by atoms with Gasteiger partial charge in [0.15, 0.2) is 0 Å². The highest BCUT2D eigenvalue weighted by atomic mass is 16.5. The summed E-state index contributed by atoms with van der Waals surface area (Å²) >= 11 is 0. The van der Waals surface area contributed by atoms with Crippen LogP contribution in [0, 0.1) is 6.92 Å². The number of benzene rings is 3. The first-order valence-electron chi connectivity index (χ1n) is 12.3. The van der Waals surface area contributed by atoms with Gasteiger partial charge in [-0.25, -0.2) is 4.98 Å². The van der Waals surface area contributed by atoms with E-state index in [1.807, 2.05) is 61.5 Å². The number of carbonyl (C=O) groups excluding carboxylic acids is 1. The molecule has 182 valence electrons. The predicted molar refractivity (Wildman–Crippen MR) is 142 cm³/mol. The van der Waals surface area contributed by atoms with Gasteiger partial charge in [0.1, 0.15) is 18.2 Å². The quantitative estimate of drug-likeness (QED) is 0.302. The molecule has 0 aliphatic carbocycles. The van der Waals surface area contributed by atoms with Gasteiger partial charge in [0, 0.05) is 18.5 Å². The van der Waals surface area contributed by atoms with Crippen molar-refractivity contribution in [2.45, 2.75) is 52.5 Å². The lowest BCUT2D eigenvalue weighted by Gasteiger charge is -2.19. The standard InChI is InChI=1S/C30H35N3O2/c1-22-10-5-6-11-25(22)29(34)31-19-9-14-28-32-26-12-7-8-13-27(26)33(28)20-21-35-24-17-15-23(16-18-24)30(2,3)4/h5-8,10-13,15-18H,9,14,19-21H2,1-4H3,(H,31,34). The normalized spacial score (nSPS) is 11.5. The molecule has 1 aromatic heterocycles. The van der Waals surface area contributed by atoms with Gasteiger partial charge in [0.05, 0.1) is 17.6 Å². The summed E-state index contributed by atoms with van der Waals surface area (Å²) in [5, 5.41) is 3.04. The maximum absolute atomic E-state index is 12.5. The summed E-state index contributed by atoms with van der Waals surface area (Å²) < 4.78 is 8.30. The Kier molecular flexibility index (Phi) is 7.54. The van der Waals surface area contributed by atoms with Gasteiger partial charge in [-0.1, -0.05) is 63.2 Å². The summed E-state index contributed by atoms with van der Waals surface area (Å²) in [5.41, 5.74) is 5.23. The first-order valence-corrected chi connectivity index (χ1v) is 12.3. The van der Waals surface area contributed by atoms with Crippen LogP contribution in [0.5, 0.6) is 5.75 Å². The molecule has 0 aliphatic rings. The molecule has 0 spiro atoms. The van der Waals surface area contributed by atoms with E-state index in [0.29, 0.717) is 19.7 Å². The Balaban J connectivity index is 1.36. The summed E-state index contributed by atoms with van der Waals surface area (Å²) in [7, 11) is 0. The van der Waals surface area contributed by atoms with Crippen molar-refractivity contribution in [2.24, 2.45) is 0 Å². The number of ether oxygens (including phenoxy) is 1. The van der Waals surface area contributed by atoms with Crippen molar-refractivity contribution in [3.63, 3.8) is 0 Å². The molecule has 0 radical (unpaired) electrons. The molecule has 1 amide bonds. The van der Waals surface area contributed by atoms with Gasteiger partial charge in [-0.2, -0.15) is 0 Å². The zero-order valence-electron chi connectivity index (χ0n) is 21.2. The van der Waals surface area contributed by atoms with Crippen LogP contribution in [0.1, 0.15) is 54.5 Å². The molecule has 0 unspecified atom stereocenters. The lowest BCUT2D eigenvalue weighted by Crippen LogP contribution is -2.25. The minimum absolute atomic E-state index is 0.0255. The Morgan fingerprint density at radius 2 is 1.69 bits per heavy atom. The van der Waals surface area contributed by atoms with E-state index in [4.69, 9.17) is 9.72 Å². The second-order valence-corrected chi connectivity index (χ2v) is 9.97. The van der Waals surface area contributed by atoms with Crippen LogP contribution in [0.3, 0.4) is 0 Å². The van der Waals surface area contributed by atoms with E-state index in [2.05, 4.69) is 48.9 Å². The number of amides is 1. The van der Waals surface area contributed by atoms with Crippen LogP contribution in [0.2, 0.25) is 0 Å². The largest absolute Gasteiger partial charge is 0.492 e. The van der Waals surface area contributed by atoms with Gasteiger partial charge in [0.25, 0.3) is 5.91 Å². The number of nitrogens with zero attached hydrogens (tertiary/aromatic N) is 2. The van der Waals surface area contributed by atoms with Crippen molar-refractivity contribution < 1.29 is 9.53 Å². The molecular weight excluding hydrogens is 434 g/mol. The van der Waals surface area contributed by atoms with Crippen molar-refractivity contribution in [3.05, 3.63) is 95.3 Å². The summed E-state index contributed by atoms with van der Waals surface area (Å²) in [6, 6.07) is 24.2. The van der Waals surface area contributed by atoms with Crippen LogP contribution in [0.25, 0.3) is 11.0 Å². The molecule has 4 aromatic rings. The second kappa shape index (κ2) is 10.8. The molecular formula is C30H35N3O2. The fraction of sp³-hybridized carbons (Fsp3) is 0.333. The number of aryl methyl sites for hydroxylation is 2. The topological polar surface area (TPSA) is 56.2 Å². The highest BCUT2D eigenvalue weighted by molar-refractivity contribution is 5.95. The Morgan fingerprint density at radius 1 is 0.971 bits per heavy atom. The zero-order valence-corrected chi connectivity index (χ0v) is 21.2. The van der Waals surface area contributed by atoms with Gasteiger partial charge in [-0.15, -0.1) is 0 Å².